The van der Waals surface area contributed by atoms with Gasteiger partial charge in [0.2, 0.25) is 0 Å². The monoisotopic (exact) mass is 271 g/mol. The molecule has 2 rings (SSSR count). The fourth-order valence-electron chi connectivity index (χ4n) is 2.08. The number of benzene rings is 2. The third-order valence-corrected chi connectivity index (χ3v) is 3.45. The fourth-order valence-corrected chi connectivity index (χ4v) is 2.08. The van der Waals surface area contributed by atoms with Crippen molar-refractivity contribution in [1.29, 1.82) is 0 Å². The Morgan fingerprint density at radius 1 is 1.00 bits per heavy atom. The highest BCUT2D eigenvalue weighted by molar-refractivity contribution is 5.95. The van der Waals surface area contributed by atoms with Crippen LogP contribution >= 0.6 is 0 Å². The van der Waals surface area contributed by atoms with E-state index in [4.69, 9.17) is 0 Å². The summed E-state index contributed by atoms with van der Waals surface area (Å²) >= 11 is 0. The average molecular weight is 271 g/mol. The molecule has 0 aliphatic heterocycles. The summed E-state index contributed by atoms with van der Waals surface area (Å²) in [6.45, 7) is 6.35. The van der Waals surface area contributed by atoms with Crippen molar-refractivity contribution in [2.45, 2.75) is 27.3 Å². The summed E-state index contributed by atoms with van der Waals surface area (Å²) in [5, 5.41) is 2.86. The number of amides is 1. The normalized spacial score (nSPS) is 10.4. The van der Waals surface area contributed by atoms with Gasteiger partial charge in [-0.15, -0.1) is 0 Å². The smallest absolute Gasteiger partial charge is 0.251 e. The quantitative estimate of drug-likeness (QED) is 0.906. The molecule has 0 spiro atoms. The van der Waals surface area contributed by atoms with E-state index in [1.165, 1.54) is 17.7 Å². The van der Waals surface area contributed by atoms with Crippen molar-refractivity contribution in [2.75, 3.05) is 0 Å². The van der Waals surface area contributed by atoms with Crippen molar-refractivity contribution in [1.82, 2.24) is 5.32 Å². The molecule has 0 saturated carbocycles. The number of hydrogen-bond acceptors (Lipinski definition) is 1. The van der Waals surface area contributed by atoms with Gasteiger partial charge in [0.25, 0.3) is 5.91 Å². The SMILES string of the molecule is Cc1cc(C)c(C(=O)NCc2ccc(F)cc2)cc1C. The van der Waals surface area contributed by atoms with Crippen molar-refractivity contribution < 1.29 is 9.18 Å². The van der Waals surface area contributed by atoms with Crippen LogP contribution in [0.4, 0.5) is 4.39 Å². The van der Waals surface area contributed by atoms with Gasteiger partial charge in [-0.1, -0.05) is 18.2 Å². The van der Waals surface area contributed by atoms with Crippen LogP contribution in [0.1, 0.15) is 32.6 Å². The van der Waals surface area contributed by atoms with Crippen molar-refractivity contribution in [3.8, 4) is 0 Å². The summed E-state index contributed by atoms with van der Waals surface area (Å²) in [6.07, 6.45) is 0. The lowest BCUT2D eigenvalue weighted by Crippen LogP contribution is -2.23. The Hall–Kier alpha value is -2.16. The minimum absolute atomic E-state index is 0.102. The number of nitrogens with one attached hydrogen (secondary N) is 1. The van der Waals surface area contributed by atoms with E-state index in [0.717, 1.165) is 16.7 Å². The highest BCUT2D eigenvalue weighted by Crippen LogP contribution is 2.15. The predicted molar refractivity (Wildman–Crippen MR) is 78.2 cm³/mol. The lowest BCUT2D eigenvalue weighted by molar-refractivity contribution is 0.0950. The molecule has 104 valence electrons. The van der Waals surface area contributed by atoms with Gasteiger partial charge in [0.05, 0.1) is 0 Å². The molecule has 0 aliphatic rings. The Kier molecular flexibility index (Phi) is 4.18. The Labute approximate surface area is 118 Å². The highest BCUT2D eigenvalue weighted by Gasteiger charge is 2.10. The van der Waals surface area contributed by atoms with Gasteiger partial charge in [-0.05, 0) is 61.2 Å². The second-order valence-electron chi connectivity index (χ2n) is 5.06. The fraction of sp³-hybridized carbons (Fsp3) is 0.235. The van der Waals surface area contributed by atoms with E-state index in [0.29, 0.717) is 12.1 Å². The number of halogens is 1. The van der Waals surface area contributed by atoms with Crippen LogP contribution in [-0.2, 0) is 6.54 Å². The van der Waals surface area contributed by atoms with Gasteiger partial charge >= 0.3 is 0 Å². The summed E-state index contributed by atoms with van der Waals surface area (Å²) in [5.74, 6) is -0.375. The molecule has 0 bridgehead atoms. The van der Waals surface area contributed by atoms with Crippen LogP contribution in [0, 0.1) is 26.6 Å². The standard InChI is InChI=1S/C17H18FNO/c1-11-8-13(3)16(9-12(11)2)17(20)19-10-14-4-6-15(18)7-5-14/h4-9H,10H2,1-3H3,(H,19,20). The molecule has 1 N–H and O–H groups in total. The van der Waals surface area contributed by atoms with E-state index in [1.807, 2.05) is 32.9 Å². The molecule has 0 aliphatic carbocycles. The molecule has 3 heteroatoms. The summed E-state index contributed by atoms with van der Waals surface area (Å²) in [5.41, 5.74) is 4.81. The molecule has 0 fully saturated rings. The first-order valence-corrected chi connectivity index (χ1v) is 6.58. The number of carbonyl (C=O) groups excluding carboxylic acids is 1. The van der Waals surface area contributed by atoms with Gasteiger partial charge < -0.3 is 5.32 Å². The lowest BCUT2D eigenvalue weighted by atomic mass is 10.0. The third kappa shape index (κ3) is 3.23. The van der Waals surface area contributed by atoms with E-state index in [-0.39, 0.29) is 11.7 Å². The first kappa shape index (κ1) is 14.3. The lowest BCUT2D eigenvalue weighted by Gasteiger charge is -2.10. The molecule has 2 aromatic rings. The minimum atomic E-state index is -0.273. The van der Waals surface area contributed by atoms with Crippen molar-refractivity contribution >= 4 is 5.91 Å². The number of rotatable bonds is 3. The molecule has 0 heterocycles. The molecule has 0 unspecified atom stereocenters. The molecule has 0 aromatic heterocycles. The van der Waals surface area contributed by atoms with Crippen LogP contribution in [0.25, 0.3) is 0 Å². The maximum absolute atomic E-state index is 12.8. The zero-order chi connectivity index (χ0) is 14.7. The summed E-state index contributed by atoms with van der Waals surface area (Å²) in [6, 6.07) is 10.0. The first-order chi connectivity index (χ1) is 9.47. The molecule has 2 aromatic carbocycles. The Morgan fingerprint density at radius 2 is 1.60 bits per heavy atom. The zero-order valence-electron chi connectivity index (χ0n) is 12.0. The topological polar surface area (TPSA) is 29.1 Å². The van der Waals surface area contributed by atoms with Crippen LogP contribution in [0.5, 0.6) is 0 Å². The predicted octanol–water partition coefficient (Wildman–Crippen LogP) is 3.68. The molecular weight excluding hydrogens is 253 g/mol. The van der Waals surface area contributed by atoms with Crippen LogP contribution in [0.3, 0.4) is 0 Å². The summed E-state index contributed by atoms with van der Waals surface area (Å²) in [4.78, 5) is 12.2. The number of carbonyl (C=O) groups is 1. The van der Waals surface area contributed by atoms with Crippen LogP contribution < -0.4 is 5.32 Å². The van der Waals surface area contributed by atoms with Gasteiger partial charge in [-0.3, -0.25) is 4.79 Å². The molecule has 0 radical (unpaired) electrons. The molecule has 0 saturated heterocycles. The van der Waals surface area contributed by atoms with E-state index >= 15 is 0 Å². The highest BCUT2D eigenvalue weighted by atomic mass is 19.1. The van der Waals surface area contributed by atoms with Crippen molar-refractivity contribution in [3.63, 3.8) is 0 Å². The molecule has 2 nitrogen and oxygen atoms in total. The van der Waals surface area contributed by atoms with E-state index in [1.54, 1.807) is 12.1 Å². The van der Waals surface area contributed by atoms with Crippen molar-refractivity contribution in [3.05, 3.63) is 70.0 Å². The maximum atomic E-state index is 12.8. The Bertz CT molecular complexity index is 632. The average Bonchev–Trinajstić information content (AvgIpc) is 2.42. The van der Waals surface area contributed by atoms with Gasteiger partial charge in [-0.2, -0.15) is 0 Å². The van der Waals surface area contributed by atoms with E-state index in [9.17, 15) is 9.18 Å². The largest absolute Gasteiger partial charge is 0.348 e. The van der Waals surface area contributed by atoms with Gasteiger partial charge in [-0.25, -0.2) is 4.39 Å². The first-order valence-electron chi connectivity index (χ1n) is 6.58. The van der Waals surface area contributed by atoms with Crippen LogP contribution in [0.15, 0.2) is 36.4 Å². The molecule has 0 atom stereocenters. The van der Waals surface area contributed by atoms with E-state index in [2.05, 4.69) is 5.32 Å². The number of aryl methyl sites for hydroxylation is 3. The molecule has 20 heavy (non-hydrogen) atoms. The Morgan fingerprint density at radius 3 is 2.25 bits per heavy atom. The zero-order valence-corrected chi connectivity index (χ0v) is 12.0. The number of hydrogen-bond donors (Lipinski definition) is 1. The second kappa shape index (κ2) is 5.87. The van der Waals surface area contributed by atoms with Gasteiger partial charge in [0, 0.05) is 12.1 Å². The maximum Gasteiger partial charge on any atom is 0.251 e. The molecular formula is C17H18FNO. The van der Waals surface area contributed by atoms with Crippen molar-refractivity contribution in [2.24, 2.45) is 0 Å². The van der Waals surface area contributed by atoms with Crippen LogP contribution in [0.2, 0.25) is 0 Å². The Balaban J connectivity index is 2.09. The van der Waals surface area contributed by atoms with Crippen LogP contribution in [-0.4, -0.2) is 5.91 Å². The van der Waals surface area contributed by atoms with Gasteiger partial charge in [0.1, 0.15) is 5.82 Å². The summed E-state index contributed by atoms with van der Waals surface area (Å²) in [7, 11) is 0. The minimum Gasteiger partial charge on any atom is -0.348 e. The molecule has 1 amide bonds. The van der Waals surface area contributed by atoms with E-state index < -0.39 is 0 Å². The summed E-state index contributed by atoms with van der Waals surface area (Å²) < 4.78 is 12.8. The third-order valence-electron chi connectivity index (χ3n) is 3.45. The second-order valence-corrected chi connectivity index (χ2v) is 5.06. The van der Waals surface area contributed by atoms with Gasteiger partial charge in [0.15, 0.2) is 0 Å².